The van der Waals surface area contributed by atoms with Gasteiger partial charge in [-0.25, -0.2) is 8.78 Å². The first-order chi connectivity index (χ1) is 17.9. The highest BCUT2D eigenvalue weighted by Crippen LogP contribution is 2.44. The highest BCUT2D eigenvalue weighted by molar-refractivity contribution is 6.11. The lowest BCUT2D eigenvalue weighted by atomic mass is 9.80. The van der Waals surface area contributed by atoms with Gasteiger partial charge in [-0.05, 0) is 66.7 Å². The van der Waals surface area contributed by atoms with Crippen LogP contribution in [0.25, 0.3) is 0 Å². The van der Waals surface area contributed by atoms with Gasteiger partial charge in [0.25, 0.3) is 0 Å². The summed E-state index contributed by atoms with van der Waals surface area (Å²) in [5.41, 5.74) is 4.60. The summed E-state index contributed by atoms with van der Waals surface area (Å²) in [7, 11) is 1.85. The predicted octanol–water partition coefficient (Wildman–Crippen LogP) is 3.81. The maximum absolute atomic E-state index is 13.9. The Bertz CT molecular complexity index is 1260. The Balaban J connectivity index is 1.12. The monoisotopic (exact) mass is 508 g/mol. The highest BCUT2D eigenvalue weighted by Gasteiger charge is 2.46. The Morgan fingerprint density at radius 2 is 2.00 bits per heavy atom. The van der Waals surface area contributed by atoms with E-state index in [-0.39, 0.29) is 17.6 Å². The van der Waals surface area contributed by atoms with E-state index >= 15 is 0 Å². The fourth-order valence-corrected chi connectivity index (χ4v) is 5.44. The molecule has 1 saturated heterocycles. The third kappa shape index (κ3) is 4.90. The van der Waals surface area contributed by atoms with Crippen LogP contribution in [-0.2, 0) is 20.9 Å². The van der Waals surface area contributed by atoms with E-state index in [1.807, 2.05) is 19.2 Å². The van der Waals surface area contributed by atoms with E-state index in [0.29, 0.717) is 36.5 Å². The molecule has 4 aliphatic rings. The average molecular weight is 509 g/mol. The second-order valence-corrected chi connectivity index (χ2v) is 10.5. The molecule has 37 heavy (non-hydrogen) atoms. The average Bonchev–Trinajstić information content (AvgIpc) is 3.67. The second kappa shape index (κ2) is 9.61. The number of hydrogen-bond donors (Lipinski definition) is 0. The van der Waals surface area contributed by atoms with E-state index in [0.717, 1.165) is 63.0 Å². The molecule has 6 rings (SSSR count). The van der Waals surface area contributed by atoms with E-state index in [4.69, 9.17) is 9.57 Å². The lowest BCUT2D eigenvalue weighted by Gasteiger charge is -2.41. The molecule has 1 spiro atoms. The first kappa shape index (κ1) is 24.2. The zero-order valence-corrected chi connectivity index (χ0v) is 20.9. The topological polar surface area (TPSA) is 67.3 Å². The normalized spacial score (nSPS) is 22.1. The van der Waals surface area contributed by atoms with Gasteiger partial charge < -0.3 is 14.5 Å². The van der Waals surface area contributed by atoms with Crippen molar-refractivity contribution in [3.63, 3.8) is 0 Å². The largest absolute Gasteiger partial charge is 0.392 e. The predicted molar refractivity (Wildman–Crippen MR) is 133 cm³/mol. The fourth-order valence-electron chi connectivity index (χ4n) is 5.44. The Morgan fingerprint density at radius 3 is 2.70 bits per heavy atom. The number of likely N-dealkylation sites (N-methyl/N-ethyl adjacent to an activating group) is 1. The summed E-state index contributed by atoms with van der Waals surface area (Å²) in [6, 6.07) is 7.52. The Labute approximate surface area is 214 Å². The molecule has 4 heterocycles. The van der Waals surface area contributed by atoms with Crippen LogP contribution < -0.4 is 0 Å². The molecule has 194 valence electrons. The second-order valence-electron chi connectivity index (χ2n) is 10.5. The van der Waals surface area contributed by atoms with E-state index < -0.39 is 11.6 Å². The third-order valence-electron chi connectivity index (χ3n) is 7.83. The van der Waals surface area contributed by atoms with Gasteiger partial charge in [0.2, 0.25) is 5.91 Å². The van der Waals surface area contributed by atoms with Crippen LogP contribution in [0.1, 0.15) is 48.9 Å². The molecule has 0 radical (unpaired) electrons. The minimum absolute atomic E-state index is 0.0743. The first-order valence-electron chi connectivity index (χ1n) is 12.9. The van der Waals surface area contributed by atoms with E-state index in [9.17, 15) is 13.6 Å². The number of ether oxygens (including phenoxy) is 1. The van der Waals surface area contributed by atoms with Crippen LogP contribution >= 0.6 is 0 Å². The molecule has 2 fully saturated rings. The number of nitrogens with zero attached hydrogens (tertiary/aromatic N) is 4. The van der Waals surface area contributed by atoms with Crippen molar-refractivity contribution in [1.29, 1.82) is 0 Å². The smallest absolute Gasteiger partial charge is 0.226 e. The van der Waals surface area contributed by atoms with Crippen molar-refractivity contribution >= 4 is 11.6 Å². The molecular formula is C28H30F2N4O3. The van der Waals surface area contributed by atoms with Crippen molar-refractivity contribution in [2.24, 2.45) is 5.16 Å². The number of piperidine rings is 1. The number of likely N-dealkylation sites (tertiary alicyclic amines) is 1. The zero-order valence-electron chi connectivity index (χ0n) is 20.9. The number of aromatic nitrogens is 1. The van der Waals surface area contributed by atoms with Gasteiger partial charge in [0.1, 0.15) is 11.8 Å². The van der Waals surface area contributed by atoms with Gasteiger partial charge in [-0.1, -0.05) is 11.2 Å². The van der Waals surface area contributed by atoms with Gasteiger partial charge >= 0.3 is 0 Å². The fraction of sp³-hybridized carbons (Fsp3) is 0.464. The molecule has 1 aromatic carbocycles. The highest BCUT2D eigenvalue weighted by atomic mass is 19.2. The minimum atomic E-state index is -0.935. The standard InChI is InChI=1S/C28H30F2N4O3/c1-33-16-20-17-36-28(22(20)13-26(33)35)8-10-34(11-9-28)15-18-2-7-25(31-14-18)27(32-37-21-4-5-21)19-3-6-23(29)24(30)12-19/h2-3,6-7,12,14,21H,4-5,8-11,13,15-17H2,1H3. The molecule has 0 unspecified atom stereocenters. The van der Waals surface area contributed by atoms with Gasteiger partial charge in [0, 0.05) is 45.0 Å². The molecule has 1 aromatic heterocycles. The molecule has 3 aliphatic heterocycles. The van der Waals surface area contributed by atoms with Crippen LogP contribution in [0, 0.1) is 11.6 Å². The summed E-state index contributed by atoms with van der Waals surface area (Å²) in [5, 5.41) is 4.24. The minimum Gasteiger partial charge on any atom is -0.392 e. The molecule has 0 N–H and O–H groups in total. The maximum atomic E-state index is 13.9. The number of halogens is 2. The zero-order chi connectivity index (χ0) is 25.6. The van der Waals surface area contributed by atoms with Gasteiger partial charge in [0.15, 0.2) is 11.6 Å². The summed E-state index contributed by atoms with van der Waals surface area (Å²) in [4.78, 5) is 26.6. The molecular weight excluding hydrogens is 478 g/mol. The molecule has 7 nitrogen and oxygen atoms in total. The number of rotatable bonds is 6. The van der Waals surface area contributed by atoms with Crippen molar-refractivity contribution in [1.82, 2.24) is 14.8 Å². The maximum Gasteiger partial charge on any atom is 0.226 e. The lowest BCUT2D eigenvalue weighted by Crippen LogP contribution is -2.46. The molecule has 1 aliphatic carbocycles. The van der Waals surface area contributed by atoms with Crippen molar-refractivity contribution in [3.8, 4) is 0 Å². The molecule has 0 atom stereocenters. The van der Waals surface area contributed by atoms with Crippen LogP contribution in [-0.4, -0.2) is 71.4 Å². The Morgan fingerprint density at radius 1 is 1.19 bits per heavy atom. The summed E-state index contributed by atoms with van der Waals surface area (Å²) in [6.07, 6.45) is 5.98. The van der Waals surface area contributed by atoms with Gasteiger partial charge in [-0.2, -0.15) is 0 Å². The molecule has 9 heteroatoms. The summed E-state index contributed by atoms with van der Waals surface area (Å²) in [6.45, 7) is 3.80. The van der Waals surface area contributed by atoms with Gasteiger partial charge in [0.05, 0.1) is 24.3 Å². The quantitative estimate of drug-likeness (QED) is 0.337. The van der Waals surface area contributed by atoms with Crippen LogP contribution in [0.15, 0.2) is 52.8 Å². The summed E-state index contributed by atoms with van der Waals surface area (Å²) in [5.74, 6) is -1.67. The van der Waals surface area contributed by atoms with E-state index in [1.165, 1.54) is 17.2 Å². The first-order valence-corrected chi connectivity index (χ1v) is 12.9. The Hall–Kier alpha value is -3.17. The number of carbonyl (C=O) groups is 1. The molecule has 2 aromatic rings. The molecule has 1 amide bonds. The number of benzene rings is 1. The third-order valence-corrected chi connectivity index (χ3v) is 7.83. The Kier molecular flexibility index (Phi) is 6.28. The number of carbonyl (C=O) groups excluding carboxylic acids is 1. The molecule has 1 saturated carbocycles. The van der Waals surface area contributed by atoms with Crippen molar-refractivity contribution in [2.45, 2.75) is 50.4 Å². The summed E-state index contributed by atoms with van der Waals surface area (Å²) >= 11 is 0. The number of pyridine rings is 1. The molecule has 0 bridgehead atoms. The van der Waals surface area contributed by atoms with Crippen LogP contribution in [0.4, 0.5) is 8.78 Å². The van der Waals surface area contributed by atoms with Crippen molar-refractivity contribution in [3.05, 3.63) is 76.1 Å². The van der Waals surface area contributed by atoms with E-state index in [1.54, 1.807) is 11.1 Å². The number of amides is 1. The summed E-state index contributed by atoms with van der Waals surface area (Å²) < 4.78 is 33.7. The van der Waals surface area contributed by atoms with E-state index in [2.05, 4.69) is 15.0 Å². The van der Waals surface area contributed by atoms with Gasteiger partial charge in [-0.3, -0.25) is 14.7 Å². The van der Waals surface area contributed by atoms with Crippen LogP contribution in [0.3, 0.4) is 0 Å². The SMILES string of the molecule is CN1CC2=C(CC1=O)C1(CCN(Cc3ccc(C(=NOC4CC4)c4ccc(F)c(F)c4)nc3)CC1)OC2. The number of hydrogen-bond acceptors (Lipinski definition) is 6. The van der Waals surface area contributed by atoms with Gasteiger partial charge in [-0.15, -0.1) is 0 Å². The number of fused-ring (bicyclic) bond motifs is 1. The number of oxime groups is 1. The van der Waals surface area contributed by atoms with Crippen molar-refractivity contribution in [2.75, 3.05) is 33.3 Å². The van der Waals surface area contributed by atoms with Crippen LogP contribution in [0.2, 0.25) is 0 Å². The van der Waals surface area contributed by atoms with Crippen molar-refractivity contribution < 1.29 is 23.1 Å². The lowest BCUT2D eigenvalue weighted by molar-refractivity contribution is -0.129. The van der Waals surface area contributed by atoms with Crippen LogP contribution in [0.5, 0.6) is 0 Å².